The molecular formula is C11H15F3N2O2. The van der Waals surface area contributed by atoms with Gasteiger partial charge in [-0.1, -0.05) is 6.92 Å². The summed E-state index contributed by atoms with van der Waals surface area (Å²) in [6.45, 7) is 3.00. The van der Waals surface area contributed by atoms with Crippen molar-refractivity contribution in [1.82, 2.24) is 10.2 Å². The van der Waals surface area contributed by atoms with Crippen LogP contribution in [-0.2, 0) is 9.59 Å². The molecule has 2 rings (SSSR count). The Morgan fingerprint density at radius 2 is 1.94 bits per heavy atom. The maximum atomic E-state index is 13.1. The number of carbonyl (C=O) groups is 2. The Labute approximate surface area is 103 Å². The van der Waals surface area contributed by atoms with Crippen LogP contribution in [-0.4, -0.2) is 40.5 Å². The maximum absolute atomic E-state index is 13.1. The van der Waals surface area contributed by atoms with E-state index in [2.05, 4.69) is 5.32 Å². The minimum absolute atomic E-state index is 0.115. The largest absolute Gasteiger partial charge is 0.411 e. The second kappa shape index (κ2) is 3.86. The molecule has 102 valence electrons. The van der Waals surface area contributed by atoms with Crippen LogP contribution in [0.25, 0.3) is 0 Å². The van der Waals surface area contributed by atoms with Gasteiger partial charge in [0.1, 0.15) is 17.6 Å². The van der Waals surface area contributed by atoms with E-state index in [4.69, 9.17) is 0 Å². The Balaban J connectivity index is 2.35. The molecule has 18 heavy (non-hydrogen) atoms. The normalized spacial score (nSPS) is 31.3. The molecule has 1 saturated heterocycles. The van der Waals surface area contributed by atoms with Gasteiger partial charge in [-0.25, -0.2) is 0 Å². The van der Waals surface area contributed by atoms with Crippen molar-refractivity contribution >= 4 is 11.8 Å². The highest BCUT2D eigenvalue weighted by atomic mass is 19.4. The van der Waals surface area contributed by atoms with Gasteiger partial charge in [0, 0.05) is 0 Å². The molecule has 1 aliphatic carbocycles. The molecule has 0 aromatic carbocycles. The van der Waals surface area contributed by atoms with Crippen molar-refractivity contribution in [2.75, 3.05) is 0 Å². The molecule has 2 atom stereocenters. The molecule has 4 nitrogen and oxygen atoms in total. The Bertz CT molecular complexity index is 390. The third kappa shape index (κ3) is 1.67. The predicted molar refractivity (Wildman–Crippen MR) is 56.5 cm³/mol. The summed E-state index contributed by atoms with van der Waals surface area (Å²) in [7, 11) is 0. The summed E-state index contributed by atoms with van der Waals surface area (Å²) in [6.07, 6.45) is -4.42. The lowest BCUT2D eigenvalue weighted by Gasteiger charge is -2.43. The molecule has 1 heterocycles. The number of piperazine rings is 1. The number of rotatable bonds is 2. The fraction of sp³-hybridized carbons (Fsp3) is 0.818. The van der Waals surface area contributed by atoms with Crippen molar-refractivity contribution in [3.8, 4) is 0 Å². The zero-order valence-electron chi connectivity index (χ0n) is 10.2. The van der Waals surface area contributed by atoms with Gasteiger partial charge in [0.15, 0.2) is 0 Å². The molecule has 2 amide bonds. The molecule has 2 aliphatic rings. The number of alkyl halides is 3. The fourth-order valence-corrected chi connectivity index (χ4v) is 2.47. The van der Waals surface area contributed by atoms with Crippen molar-refractivity contribution in [1.29, 1.82) is 0 Å². The van der Waals surface area contributed by atoms with E-state index in [9.17, 15) is 22.8 Å². The number of nitrogens with zero attached hydrogens (tertiary/aromatic N) is 1. The number of amides is 2. The van der Waals surface area contributed by atoms with Crippen LogP contribution in [0.4, 0.5) is 13.2 Å². The Hall–Kier alpha value is -1.27. The monoisotopic (exact) mass is 264 g/mol. The number of halogens is 3. The van der Waals surface area contributed by atoms with E-state index in [1.807, 2.05) is 0 Å². The van der Waals surface area contributed by atoms with Gasteiger partial charge in [-0.3, -0.25) is 9.59 Å². The van der Waals surface area contributed by atoms with E-state index in [1.54, 1.807) is 6.92 Å². The lowest BCUT2D eigenvalue weighted by Crippen LogP contribution is -2.68. The summed E-state index contributed by atoms with van der Waals surface area (Å²) < 4.78 is 39.2. The molecule has 1 aliphatic heterocycles. The Morgan fingerprint density at radius 1 is 1.39 bits per heavy atom. The first-order valence-corrected chi connectivity index (χ1v) is 5.95. The maximum Gasteiger partial charge on any atom is 0.411 e. The van der Waals surface area contributed by atoms with Gasteiger partial charge >= 0.3 is 6.18 Å². The minimum atomic E-state index is -4.48. The number of hydrogen-bond acceptors (Lipinski definition) is 2. The van der Waals surface area contributed by atoms with Crippen molar-refractivity contribution in [3.63, 3.8) is 0 Å². The second-order valence-electron chi connectivity index (χ2n) is 4.88. The summed E-state index contributed by atoms with van der Waals surface area (Å²) >= 11 is 0. The molecule has 0 bridgehead atoms. The molecule has 2 unspecified atom stereocenters. The van der Waals surface area contributed by atoms with Gasteiger partial charge in [-0.2, -0.15) is 13.2 Å². The van der Waals surface area contributed by atoms with Crippen LogP contribution < -0.4 is 5.32 Å². The molecule has 1 N–H and O–H groups in total. The highest BCUT2D eigenvalue weighted by molar-refractivity contribution is 5.97. The van der Waals surface area contributed by atoms with Crippen LogP contribution in [0.5, 0.6) is 0 Å². The first-order valence-electron chi connectivity index (χ1n) is 5.95. The van der Waals surface area contributed by atoms with E-state index in [-0.39, 0.29) is 12.8 Å². The highest BCUT2D eigenvalue weighted by Crippen LogP contribution is 2.54. The number of carbonyl (C=O) groups excluding carboxylic acids is 2. The summed E-state index contributed by atoms with van der Waals surface area (Å²) in [5.74, 6) is -1.14. The van der Waals surface area contributed by atoms with Crippen LogP contribution in [0.1, 0.15) is 33.1 Å². The first kappa shape index (κ1) is 13.2. The van der Waals surface area contributed by atoms with Gasteiger partial charge in [-0.15, -0.1) is 0 Å². The number of hydrogen-bond donors (Lipinski definition) is 1. The molecule has 0 aromatic rings. The highest BCUT2D eigenvalue weighted by Gasteiger charge is 2.70. The smallest absolute Gasteiger partial charge is 0.343 e. The third-order valence-electron chi connectivity index (χ3n) is 3.74. The molecule has 7 heteroatoms. The van der Waals surface area contributed by atoms with Crippen LogP contribution in [0.3, 0.4) is 0 Å². The van der Waals surface area contributed by atoms with Gasteiger partial charge in [0.2, 0.25) is 11.8 Å². The van der Waals surface area contributed by atoms with E-state index < -0.39 is 35.6 Å². The molecule has 1 saturated carbocycles. The van der Waals surface area contributed by atoms with Crippen molar-refractivity contribution in [2.24, 2.45) is 0 Å². The molecule has 0 aromatic heterocycles. The van der Waals surface area contributed by atoms with Crippen LogP contribution >= 0.6 is 0 Å². The van der Waals surface area contributed by atoms with Crippen LogP contribution in [0, 0.1) is 0 Å². The molecule has 2 fully saturated rings. The molecule has 0 spiro atoms. The topological polar surface area (TPSA) is 49.4 Å². The lowest BCUT2D eigenvalue weighted by atomic mass is 10.0. The van der Waals surface area contributed by atoms with Crippen molar-refractivity contribution in [2.45, 2.75) is 56.9 Å². The van der Waals surface area contributed by atoms with Crippen molar-refractivity contribution < 1.29 is 22.8 Å². The van der Waals surface area contributed by atoms with Gasteiger partial charge in [-0.05, 0) is 26.2 Å². The zero-order chi connectivity index (χ0) is 13.7. The fourth-order valence-electron chi connectivity index (χ4n) is 2.47. The minimum Gasteiger partial charge on any atom is -0.343 e. The average Bonchev–Trinajstić information content (AvgIpc) is 3.04. The summed E-state index contributed by atoms with van der Waals surface area (Å²) in [6, 6.07) is -1.90. The number of nitrogens with one attached hydrogen (secondary N) is 1. The van der Waals surface area contributed by atoms with E-state index in [1.165, 1.54) is 6.92 Å². The average molecular weight is 264 g/mol. The standard InChI is InChI=1S/C11H15F3N2O2/c1-3-7-9(18)16(6(2)8(17)15-7)10(4-5-10)11(12,13)14/h6-7H,3-5H2,1-2H3,(H,15,17). The quantitative estimate of drug-likeness (QED) is 0.815. The summed E-state index contributed by atoms with van der Waals surface area (Å²) in [5, 5.41) is 2.45. The predicted octanol–water partition coefficient (Wildman–Crippen LogP) is 1.21. The second-order valence-corrected chi connectivity index (χ2v) is 4.88. The summed E-state index contributed by atoms with van der Waals surface area (Å²) in [5.41, 5.74) is -2.12. The van der Waals surface area contributed by atoms with Gasteiger partial charge < -0.3 is 10.2 Å². The molecule has 0 radical (unpaired) electrons. The van der Waals surface area contributed by atoms with Crippen LogP contribution in [0.2, 0.25) is 0 Å². The molecular weight excluding hydrogens is 249 g/mol. The SMILES string of the molecule is CCC1NC(=O)C(C)N(C2(C(F)(F)F)CC2)C1=O. The van der Waals surface area contributed by atoms with Crippen LogP contribution in [0.15, 0.2) is 0 Å². The van der Waals surface area contributed by atoms with Crippen molar-refractivity contribution in [3.05, 3.63) is 0 Å². The summed E-state index contributed by atoms with van der Waals surface area (Å²) in [4.78, 5) is 24.5. The first-order chi connectivity index (χ1) is 8.24. The van der Waals surface area contributed by atoms with Gasteiger partial charge in [0.05, 0.1) is 0 Å². The van der Waals surface area contributed by atoms with E-state index in [0.717, 1.165) is 4.90 Å². The van der Waals surface area contributed by atoms with E-state index >= 15 is 0 Å². The third-order valence-corrected chi connectivity index (χ3v) is 3.74. The van der Waals surface area contributed by atoms with E-state index in [0.29, 0.717) is 6.42 Å². The van der Waals surface area contributed by atoms with Gasteiger partial charge in [0.25, 0.3) is 0 Å². The lowest BCUT2D eigenvalue weighted by molar-refractivity contribution is -0.209. The Morgan fingerprint density at radius 3 is 2.33 bits per heavy atom. The zero-order valence-corrected chi connectivity index (χ0v) is 10.2. The Kier molecular flexibility index (Phi) is 2.82.